The number of benzene rings is 2. The van der Waals surface area contributed by atoms with Gasteiger partial charge < -0.3 is 16.2 Å². The van der Waals surface area contributed by atoms with Gasteiger partial charge in [0.2, 0.25) is 0 Å². The molecule has 0 heterocycles. The predicted octanol–water partition coefficient (Wildman–Crippen LogP) is 3.22. The van der Waals surface area contributed by atoms with Crippen molar-refractivity contribution in [2.45, 2.75) is 25.4 Å². The van der Waals surface area contributed by atoms with Crippen LogP contribution in [-0.2, 0) is 0 Å². The van der Waals surface area contributed by atoms with Gasteiger partial charge in [-0.15, -0.1) is 0 Å². The van der Waals surface area contributed by atoms with Gasteiger partial charge in [0, 0.05) is 11.6 Å². The molecule has 0 aliphatic carbocycles. The molecule has 3 nitrogen and oxygen atoms in total. The summed E-state index contributed by atoms with van der Waals surface area (Å²) in [6.07, 6.45) is 0. The van der Waals surface area contributed by atoms with Gasteiger partial charge in [0.1, 0.15) is 11.5 Å². The summed E-state index contributed by atoms with van der Waals surface area (Å²) >= 11 is 0. The van der Waals surface area contributed by atoms with Crippen molar-refractivity contribution in [2.75, 3.05) is 0 Å². The van der Waals surface area contributed by atoms with E-state index in [0.29, 0.717) is 0 Å². The topological polar surface area (TPSA) is 61.3 Å². The Kier molecular flexibility index (Phi) is 3.88. The number of hydrogen-bond donors (Lipinski definition) is 2. The lowest BCUT2D eigenvalue weighted by Gasteiger charge is -2.27. The highest BCUT2D eigenvalue weighted by atomic mass is 16.5. The van der Waals surface area contributed by atoms with E-state index in [0.717, 1.165) is 17.1 Å². The Hall–Kier alpha value is -1.84. The van der Waals surface area contributed by atoms with Crippen molar-refractivity contribution in [1.82, 2.24) is 0 Å². The molecule has 0 amide bonds. The first kappa shape index (κ1) is 13.6. The molecule has 0 aromatic heterocycles. The third-order valence-corrected chi connectivity index (χ3v) is 3.02. The highest BCUT2D eigenvalue weighted by Crippen LogP contribution is 2.25. The van der Waals surface area contributed by atoms with Crippen LogP contribution in [0.2, 0.25) is 0 Å². The molecule has 3 heteroatoms. The SMILES string of the molecule is CC(C)(N)C(N)c1ccc(Oc2ccccc2)cc1. The molecule has 1 unspecified atom stereocenters. The lowest BCUT2D eigenvalue weighted by atomic mass is 9.90. The van der Waals surface area contributed by atoms with E-state index in [-0.39, 0.29) is 6.04 Å². The second kappa shape index (κ2) is 5.43. The lowest BCUT2D eigenvalue weighted by Crippen LogP contribution is -2.43. The number of para-hydroxylation sites is 1. The van der Waals surface area contributed by atoms with Crippen molar-refractivity contribution in [3.8, 4) is 11.5 Å². The van der Waals surface area contributed by atoms with Crippen LogP contribution in [-0.4, -0.2) is 5.54 Å². The largest absolute Gasteiger partial charge is 0.457 e. The minimum absolute atomic E-state index is 0.196. The third-order valence-electron chi connectivity index (χ3n) is 3.02. The average molecular weight is 256 g/mol. The maximum atomic E-state index is 6.11. The molecule has 0 spiro atoms. The molecule has 2 aromatic rings. The second-order valence-electron chi connectivity index (χ2n) is 5.28. The van der Waals surface area contributed by atoms with Crippen LogP contribution in [0.5, 0.6) is 11.5 Å². The molecule has 2 aromatic carbocycles. The van der Waals surface area contributed by atoms with Crippen molar-refractivity contribution in [1.29, 1.82) is 0 Å². The van der Waals surface area contributed by atoms with Crippen LogP contribution in [0, 0.1) is 0 Å². The minimum atomic E-state index is -0.443. The molecular weight excluding hydrogens is 236 g/mol. The molecular formula is C16H20N2O. The molecule has 0 aliphatic rings. The van der Waals surface area contributed by atoms with E-state index in [1.165, 1.54) is 0 Å². The van der Waals surface area contributed by atoms with E-state index >= 15 is 0 Å². The molecule has 0 bridgehead atoms. The second-order valence-corrected chi connectivity index (χ2v) is 5.28. The monoisotopic (exact) mass is 256 g/mol. The molecule has 0 saturated heterocycles. The lowest BCUT2D eigenvalue weighted by molar-refractivity contribution is 0.419. The zero-order valence-corrected chi connectivity index (χ0v) is 11.3. The predicted molar refractivity (Wildman–Crippen MR) is 78.2 cm³/mol. The van der Waals surface area contributed by atoms with Crippen LogP contribution in [0.25, 0.3) is 0 Å². The normalized spacial score (nSPS) is 13.1. The molecule has 0 aliphatic heterocycles. The van der Waals surface area contributed by atoms with E-state index in [4.69, 9.17) is 16.2 Å². The highest BCUT2D eigenvalue weighted by Gasteiger charge is 2.22. The standard InChI is InChI=1S/C16H20N2O/c1-16(2,18)15(17)12-8-10-14(11-9-12)19-13-6-4-3-5-7-13/h3-11,15H,17-18H2,1-2H3. The Labute approximate surface area is 114 Å². The Bertz CT molecular complexity index is 515. The van der Waals surface area contributed by atoms with E-state index in [1.54, 1.807) is 0 Å². The van der Waals surface area contributed by atoms with Gasteiger partial charge in [-0.2, -0.15) is 0 Å². The van der Waals surface area contributed by atoms with Gasteiger partial charge in [-0.25, -0.2) is 0 Å². The first-order valence-electron chi connectivity index (χ1n) is 6.34. The van der Waals surface area contributed by atoms with E-state index in [1.807, 2.05) is 68.4 Å². The summed E-state index contributed by atoms with van der Waals surface area (Å²) in [6, 6.07) is 17.2. The third kappa shape index (κ3) is 3.56. The van der Waals surface area contributed by atoms with Gasteiger partial charge in [0.05, 0.1) is 0 Å². The summed E-state index contributed by atoms with van der Waals surface area (Å²) in [5, 5.41) is 0. The highest BCUT2D eigenvalue weighted by molar-refractivity contribution is 5.34. The van der Waals surface area contributed by atoms with Crippen molar-refractivity contribution in [3.05, 3.63) is 60.2 Å². The van der Waals surface area contributed by atoms with Gasteiger partial charge in [0.15, 0.2) is 0 Å². The summed E-state index contributed by atoms with van der Waals surface area (Å²) in [7, 11) is 0. The van der Waals surface area contributed by atoms with Crippen LogP contribution in [0.1, 0.15) is 25.5 Å². The zero-order valence-electron chi connectivity index (χ0n) is 11.3. The van der Waals surface area contributed by atoms with Gasteiger partial charge >= 0.3 is 0 Å². The minimum Gasteiger partial charge on any atom is -0.457 e. The van der Waals surface area contributed by atoms with Crippen molar-refractivity contribution < 1.29 is 4.74 Å². The van der Waals surface area contributed by atoms with Crippen LogP contribution < -0.4 is 16.2 Å². The summed E-state index contributed by atoms with van der Waals surface area (Å²) < 4.78 is 5.73. The number of hydrogen-bond acceptors (Lipinski definition) is 3. The van der Waals surface area contributed by atoms with Crippen molar-refractivity contribution in [2.24, 2.45) is 11.5 Å². The summed E-state index contributed by atoms with van der Waals surface area (Å²) in [6.45, 7) is 3.85. The van der Waals surface area contributed by atoms with E-state index in [9.17, 15) is 0 Å². The van der Waals surface area contributed by atoms with E-state index in [2.05, 4.69) is 0 Å². The zero-order chi connectivity index (χ0) is 13.9. The fraction of sp³-hybridized carbons (Fsp3) is 0.250. The fourth-order valence-electron chi connectivity index (χ4n) is 1.80. The first-order chi connectivity index (χ1) is 8.97. The summed E-state index contributed by atoms with van der Waals surface area (Å²) in [5.41, 5.74) is 12.7. The average Bonchev–Trinajstić information content (AvgIpc) is 2.39. The van der Waals surface area contributed by atoms with Crippen molar-refractivity contribution in [3.63, 3.8) is 0 Å². The maximum Gasteiger partial charge on any atom is 0.127 e. The van der Waals surface area contributed by atoms with Gasteiger partial charge in [-0.05, 0) is 43.7 Å². The maximum absolute atomic E-state index is 6.11. The van der Waals surface area contributed by atoms with Gasteiger partial charge in [0.25, 0.3) is 0 Å². The number of ether oxygens (including phenoxy) is 1. The summed E-state index contributed by atoms with van der Waals surface area (Å²) in [5.74, 6) is 1.61. The Balaban J connectivity index is 2.11. The Morgan fingerprint density at radius 1 is 0.895 bits per heavy atom. The van der Waals surface area contributed by atoms with Crippen LogP contribution in [0.15, 0.2) is 54.6 Å². The molecule has 0 radical (unpaired) electrons. The number of nitrogens with two attached hydrogens (primary N) is 2. The Morgan fingerprint density at radius 3 is 1.95 bits per heavy atom. The summed E-state index contributed by atoms with van der Waals surface area (Å²) in [4.78, 5) is 0. The molecule has 100 valence electrons. The number of rotatable bonds is 4. The molecule has 0 saturated carbocycles. The van der Waals surface area contributed by atoms with Gasteiger partial charge in [-0.3, -0.25) is 0 Å². The molecule has 4 N–H and O–H groups in total. The van der Waals surface area contributed by atoms with Crippen LogP contribution in [0.4, 0.5) is 0 Å². The molecule has 1 atom stereocenters. The molecule has 19 heavy (non-hydrogen) atoms. The van der Waals surface area contributed by atoms with Crippen molar-refractivity contribution >= 4 is 0 Å². The smallest absolute Gasteiger partial charge is 0.127 e. The molecule has 2 rings (SSSR count). The van der Waals surface area contributed by atoms with Gasteiger partial charge in [-0.1, -0.05) is 30.3 Å². The first-order valence-corrected chi connectivity index (χ1v) is 6.34. The fourth-order valence-corrected chi connectivity index (χ4v) is 1.80. The van der Waals surface area contributed by atoms with E-state index < -0.39 is 5.54 Å². The quantitative estimate of drug-likeness (QED) is 0.883. The molecule has 0 fully saturated rings. The Morgan fingerprint density at radius 2 is 1.42 bits per heavy atom. The van der Waals surface area contributed by atoms with Crippen LogP contribution in [0.3, 0.4) is 0 Å². The van der Waals surface area contributed by atoms with Crippen LogP contribution >= 0.6 is 0 Å².